The molecule has 2 aromatic carbocycles. The Morgan fingerprint density at radius 2 is 1.84 bits per heavy atom. The number of sulfonamides is 1. The van der Waals surface area contributed by atoms with Gasteiger partial charge in [-0.3, -0.25) is 9.69 Å². The van der Waals surface area contributed by atoms with Gasteiger partial charge in [0.25, 0.3) is 0 Å². The number of benzene rings is 2. The van der Waals surface area contributed by atoms with Crippen molar-refractivity contribution in [1.82, 2.24) is 4.90 Å². The van der Waals surface area contributed by atoms with Gasteiger partial charge in [0.15, 0.2) is 0 Å². The SMILES string of the molecule is Cc1cc(S(N)(=O)=O)cc(NC(=O)CN(Cc2ccccc2C(F)(F)F)C2CC2)c1C. The van der Waals surface area contributed by atoms with Crippen LogP contribution < -0.4 is 10.5 Å². The summed E-state index contributed by atoms with van der Waals surface area (Å²) in [5.74, 6) is -0.439. The van der Waals surface area contributed by atoms with Crippen LogP contribution in [0.2, 0.25) is 0 Å². The Morgan fingerprint density at radius 3 is 2.42 bits per heavy atom. The number of amides is 1. The van der Waals surface area contributed by atoms with Gasteiger partial charge in [-0.05, 0) is 61.6 Å². The monoisotopic (exact) mass is 455 g/mol. The molecule has 31 heavy (non-hydrogen) atoms. The van der Waals surface area contributed by atoms with Gasteiger partial charge in [0, 0.05) is 18.3 Å². The fourth-order valence-electron chi connectivity index (χ4n) is 3.40. The second-order valence-corrected chi connectivity index (χ2v) is 9.36. The summed E-state index contributed by atoms with van der Waals surface area (Å²) in [6.45, 7) is 3.30. The number of nitrogens with zero attached hydrogens (tertiary/aromatic N) is 1. The number of rotatable bonds is 7. The van der Waals surface area contributed by atoms with Gasteiger partial charge in [0.05, 0.1) is 17.0 Å². The van der Waals surface area contributed by atoms with Gasteiger partial charge in [0.2, 0.25) is 15.9 Å². The zero-order valence-electron chi connectivity index (χ0n) is 17.2. The molecule has 10 heteroatoms. The first-order valence-electron chi connectivity index (χ1n) is 9.69. The number of carbonyl (C=O) groups excluding carboxylic acids is 1. The molecule has 0 heterocycles. The van der Waals surface area contributed by atoms with Crippen molar-refractivity contribution >= 4 is 21.6 Å². The molecule has 3 rings (SSSR count). The standard InChI is InChI=1S/C21H24F3N3O3S/c1-13-9-17(31(25,29)30)10-19(14(13)2)26-20(28)12-27(16-7-8-16)11-15-5-3-4-6-18(15)21(22,23)24/h3-6,9-10,16H,7-8,11-12H2,1-2H3,(H,26,28)(H2,25,29,30). The number of aryl methyl sites for hydroxylation is 1. The van der Waals surface area contributed by atoms with Crippen LogP contribution in [0.3, 0.4) is 0 Å². The topological polar surface area (TPSA) is 92.5 Å². The van der Waals surface area contributed by atoms with Crippen LogP contribution in [0.25, 0.3) is 0 Å². The van der Waals surface area contributed by atoms with Crippen molar-refractivity contribution in [1.29, 1.82) is 0 Å². The quantitative estimate of drug-likeness (QED) is 0.668. The summed E-state index contributed by atoms with van der Waals surface area (Å²) in [6.07, 6.45) is -2.86. The van der Waals surface area contributed by atoms with Crippen molar-refractivity contribution in [3.8, 4) is 0 Å². The number of nitrogens with one attached hydrogen (secondary N) is 1. The third-order valence-electron chi connectivity index (χ3n) is 5.35. The minimum atomic E-state index is -4.48. The lowest BCUT2D eigenvalue weighted by molar-refractivity contribution is -0.138. The Hall–Kier alpha value is -2.43. The average Bonchev–Trinajstić information content (AvgIpc) is 3.48. The molecule has 0 spiro atoms. The van der Waals surface area contributed by atoms with Gasteiger partial charge in [-0.25, -0.2) is 13.6 Å². The normalized spacial score (nSPS) is 14.7. The van der Waals surface area contributed by atoms with E-state index in [1.807, 2.05) is 0 Å². The van der Waals surface area contributed by atoms with Gasteiger partial charge >= 0.3 is 6.18 Å². The molecule has 1 fully saturated rings. The highest BCUT2D eigenvalue weighted by Crippen LogP contribution is 2.34. The van der Waals surface area contributed by atoms with E-state index in [-0.39, 0.29) is 29.6 Å². The summed E-state index contributed by atoms with van der Waals surface area (Å²) in [7, 11) is -3.95. The van der Waals surface area contributed by atoms with E-state index < -0.39 is 27.7 Å². The molecular weight excluding hydrogens is 431 g/mol. The Kier molecular flexibility index (Phi) is 6.45. The molecule has 0 aromatic heterocycles. The fraction of sp³-hybridized carbons (Fsp3) is 0.381. The maximum absolute atomic E-state index is 13.3. The Balaban J connectivity index is 1.79. The van der Waals surface area contributed by atoms with E-state index in [0.717, 1.165) is 18.9 Å². The molecule has 0 saturated heterocycles. The summed E-state index contributed by atoms with van der Waals surface area (Å²) in [6, 6.07) is 8.07. The molecule has 1 aliphatic carbocycles. The number of primary sulfonamides is 1. The summed E-state index contributed by atoms with van der Waals surface area (Å²) in [4.78, 5) is 14.3. The molecule has 2 aromatic rings. The molecule has 3 N–H and O–H groups in total. The first-order chi connectivity index (χ1) is 14.4. The Morgan fingerprint density at radius 1 is 1.19 bits per heavy atom. The van der Waals surface area contributed by atoms with Gasteiger partial charge in [-0.15, -0.1) is 0 Å². The van der Waals surface area contributed by atoms with Crippen molar-refractivity contribution in [2.24, 2.45) is 5.14 Å². The molecule has 0 aliphatic heterocycles. The lowest BCUT2D eigenvalue weighted by atomic mass is 10.1. The maximum atomic E-state index is 13.3. The number of hydrogen-bond acceptors (Lipinski definition) is 4. The van der Waals surface area contributed by atoms with Gasteiger partial charge in [0.1, 0.15) is 0 Å². The lowest BCUT2D eigenvalue weighted by Crippen LogP contribution is -2.35. The molecule has 1 saturated carbocycles. The Labute approximate surface area is 179 Å². The fourth-order valence-corrected chi connectivity index (χ4v) is 4.03. The van der Waals surface area contributed by atoms with Crippen molar-refractivity contribution in [3.05, 3.63) is 58.7 Å². The predicted molar refractivity (Wildman–Crippen MR) is 111 cm³/mol. The highest BCUT2D eigenvalue weighted by Gasteiger charge is 2.36. The average molecular weight is 456 g/mol. The largest absolute Gasteiger partial charge is 0.416 e. The predicted octanol–water partition coefficient (Wildman–Crippen LogP) is 3.57. The zero-order valence-corrected chi connectivity index (χ0v) is 18.0. The number of anilines is 1. The zero-order chi connectivity index (χ0) is 23.0. The summed E-state index contributed by atoms with van der Waals surface area (Å²) in [5, 5.41) is 7.88. The second-order valence-electron chi connectivity index (χ2n) is 7.80. The molecule has 168 valence electrons. The van der Waals surface area contributed by atoms with Gasteiger partial charge in [-0.2, -0.15) is 13.2 Å². The van der Waals surface area contributed by atoms with Crippen molar-refractivity contribution in [2.45, 2.75) is 50.3 Å². The molecular formula is C21H24F3N3O3S. The summed E-state index contributed by atoms with van der Waals surface area (Å²) < 4.78 is 63.4. The summed E-state index contributed by atoms with van der Waals surface area (Å²) >= 11 is 0. The number of halogens is 3. The minimum Gasteiger partial charge on any atom is -0.325 e. The molecule has 0 unspecified atom stereocenters. The number of carbonyl (C=O) groups is 1. The van der Waals surface area contributed by atoms with E-state index in [1.165, 1.54) is 24.3 Å². The maximum Gasteiger partial charge on any atom is 0.416 e. The van der Waals surface area contributed by atoms with E-state index in [2.05, 4.69) is 5.32 Å². The summed E-state index contributed by atoms with van der Waals surface area (Å²) in [5.41, 5.74) is 1.02. The molecule has 6 nitrogen and oxygen atoms in total. The third kappa shape index (κ3) is 5.84. The van der Waals surface area contributed by atoms with E-state index >= 15 is 0 Å². The number of nitrogens with two attached hydrogens (primary N) is 1. The van der Waals surface area contributed by atoms with Crippen molar-refractivity contribution in [3.63, 3.8) is 0 Å². The van der Waals surface area contributed by atoms with Gasteiger partial charge < -0.3 is 5.32 Å². The first kappa shape index (κ1) is 23.2. The van der Waals surface area contributed by atoms with E-state index in [9.17, 15) is 26.4 Å². The number of alkyl halides is 3. The van der Waals surface area contributed by atoms with Gasteiger partial charge in [-0.1, -0.05) is 18.2 Å². The van der Waals surface area contributed by atoms with Crippen LogP contribution in [0.1, 0.15) is 35.1 Å². The smallest absolute Gasteiger partial charge is 0.325 e. The van der Waals surface area contributed by atoms with Crippen LogP contribution in [-0.2, 0) is 27.5 Å². The van der Waals surface area contributed by atoms with E-state index in [0.29, 0.717) is 16.8 Å². The molecule has 0 radical (unpaired) electrons. The van der Waals surface area contributed by atoms with Crippen molar-refractivity contribution < 1.29 is 26.4 Å². The van der Waals surface area contributed by atoms with Crippen LogP contribution >= 0.6 is 0 Å². The van der Waals surface area contributed by atoms with Crippen molar-refractivity contribution in [2.75, 3.05) is 11.9 Å². The van der Waals surface area contributed by atoms with Crippen LogP contribution in [0.5, 0.6) is 0 Å². The minimum absolute atomic E-state index is 0.0109. The van der Waals surface area contributed by atoms with E-state index in [4.69, 9.17) is 5.14 Å². The lowest BCUT2D eigenvalue weighted by Gasteiger charge is -2.24. The van der Waals surface area contributed by atoms with Crippen LogP contribution in [0.15, 0.2) is 41.3 Å². The molecule has 1 amide bonds. The van der Waals surface area contributed by atoms with Crippen LogP contribution in [0, 0.1) is 13.8 Å². The Bertz CT molecular complexity index is 1100. The van der Waals surface area contributed by atoms with Crippen LogP contribution in [0.4, 0.5) is 18.9 Å². The highest BCUT2D eigenvalue weighted by atomic mass is 32.2. The second kappa shape index (κ2) is 8.60. The number of hydrogen-bond donors (Lipinski definition) is 2. The van der Waals surface area contributed by atoms with E-state index in [1.54, 1.807) is 24.8 Å². The molecule has 0 bridgehead atoms. The first-order valence-corrected chi connectivity index (χ1v) is 11.2. The highest BCUT2D eigenvalue weighted by molar-refractivity contribution is 7.89. The molecule has 0 atom stereocenters. The third-order valence-corrected chi connectivity index (χ3v) is 6.24. The van der Waals surface area contributed by atoms with Crippen LogP contribution in [-0.4, -0.2) is 31.8 Å². The molecule has 1 aliphatic rings.